The van der Waals surface area contributed by atoms with Crippen molar-refractivity contribution in [2.75, 3.05) is 13.1 Å². The Bertz CT molecular complexity index is 208. The number of carbonyl (C=O) groups excluding carboxylic acids is 1. The SMILES string of the molecule is C[C@@H]1CNCC[C@@H]1C(=O)OC(C)(C)C. The highest BCUT2D eigenvalue weighted by Gasteiger charge is 2.31. The van der Waals surface area contributed by atoms with E-state index in [4.69, 9.17) is 4.74 Å². The van der Waals surface area contributed by atoms with Crippen LogP contribution in [0.3, 0.4) is 0 Å². The Morgan fingerprint density at radius 3 is 2.57 bits per heavy atom. The van der Waals surface area contributed by atoms with E-state index < -0.39 is 0 Å². The Labute approximate surface area is 86.2 Å². The van der Waals surface area contributed by atoms with Gasteiger partial charge >= 0.3 is 5.97 Å². The Morgan fingerprint density at radius 2 is 2.07 bits per heavy atom. The van der Waals surface area contributed by atoms with Crippen molar-refractivity contribution in [1.82, 2.24) is 5.32 Å². The van der Waals surface area contributed by atoms with Crippen LogP contribution in [-0.4, -0.2) is 24.7 Å². The Morgan fingerprint density at radius 1 is 1.43 bits per heavy atom. The lowest BCUT2D eigenvalue weighted by molar-refractivity contribution is -0.162. The highest BCUT2D eigenvalue weighted by atomic mass is 16.6. The normalized spacial score (nSPS) is 28.6. The zero-order valence-electron chi connectivity index (χ0n) is 9.59. The van der Waals surface area contributed by atoms with Crippen molar-refractivity contribution in [3.05, 3.63) is 0 Å². The minimum absolute atomic E-state index is 0.0356. The predicted octanol–water partition coefficient (Wildman–Crippen LogP) is 1.57. The third-order valence-electron chi connectivity index (χ3n) is 2.49. The molecule has 0 spiro atoms. The number of hydrogen-bond acceptors (Lipinski definition) is 3. The summed E-state index contributed by atoms with van der Waals surface area (Å²) in [5.41, 5.74) is -0.359. The fourth-order valence-corrected chi connectivity index (χ4v) is 1.74. The maximum Gasteiger partial charge on any atom is 0.309 e. The summed E-state index contributed by atoms with van der Waals surface area (Å²) in [6, 6.07) is 0. The maximum atomic E-state index is 11.8. The molecule has 1 aliphatic rings. The second kappa shape index (κ2) is 4.30. The molecule has 0 unspecified atom stereocenters. The first-order chi connectivity index (χ1) is 6.40. The van der Waals surface area contributed by atoms with Crippen molar-refractivity contribution in [3.8, 4) is 0 Å². The summed E-state index contributed by atoms with van der Waals surface area (Å²) < 4.78 is 5.38. The van der Waals surface area contributed by atoms with Crippen molar-refractivity contribution >= 4 is 5.97 Å². The molecule has 0 aromatic rings. The first-order valence-corrected chi connectivity index (χ1v) is 5.34. The molecule has 1 fully saturated rings. The zero-order valence-corrected chi connectivity index (χ0v) is 9.59. The van der Waals surface area contributed by atoms with Crippen molar-refractivity contribution in [2.24, 2.45) is 11.8 Å². The smallest absolute Gasteiger partial charge is 0.309 e. The van der Waals surface area contributed by atoms with E-state index in [0.717, 1.165) is 19.5 Å². The van der Waals surface area contributed by atoms with E-state index in [2.05, 4.69) is 12.2 Å². The van der Waals surface area contributed by atoms with Crippen LogP contribution in [0, 0.1) is 11.8 Å². The average molecular weight is 199 g/mol. The second-order valence-electron chi connectivity index (χ2n) is 5.11. The maximum absolute atomic E-state index is 11.8. The van der Waals surface area contributed by atoms with E-state index in [9.17, 15) is 4.79 Å². The van der Waals surface area contributed by atoms with E-state index >= 15 is 0 Å². The summed E-state index contributed by atoms with van der Waals surface area (Å²) in [5.74, 6) is 0.431. The molecular weight excluding hydrogens is 178 g/mol. The number of piperidine rings is 1. The van der Waals surface area contributed by atoms with Gasteiger partial charge in [-0.2, -0.15) is 0 Å². The van der Waals surface area contributed by atoms with Gasteiger partial charge in [-0.25, -0.2) is 0 Å². The third kappa shape index (κ3) is 3.29. The molecule has 3 heteroatoms. The van der Waals surface area contributed by atoms with Crippen molar-refractivity contribution < 1.29 is 9.53 Å². The first kappa shape index (κ1) is 11.5. The molecule has 0 saturated carbocycles. The molecule has 1 rings (SSSR count). The minimum atomic E-state index is -0.359. The second-order valence-corrected chi connectivity index (χ2v) is 5.11. The van der Waals surface area contributed by atoms with Crippen molar-refractivity contribution in [2.45, 2.75) is 39.7 Å². The van der Waals surface area contributed by atoms with Gasteiger partial charge in [-0.15, -0.1) is 0 Å². The zero-order chi connectivity index (χ0) is 10.8. The quantitative estimate of drug-likeness (QED) is 0.651. The number of rotatable bonds is 1. The molecule has 14 heavy (non-hydrogen) atoms. The van der Waals surface area contributed by atoms with Crippen molar-refractivity contribution in [1.29, 1.82) is 0 Å². The van der Waals surface area contributed by atoms with E-state index in [1.165, 1.54) is 0 Å². The summed E-state index contributed by atoms with van der Waals surface area (Å²) in [5, 5.41) is 3.27. The number of carbonyl (C=O) groups is 1. The third-order valence-corrected chi connectivity index (χ3v) is 2.49. The van der Waals surface area contributed by atoms with Crippen molar-refractivity contribution in [3.63, 3.8) is 0 Å². The van der Waals surface area contributed by atoms with Gasteiger partial charge in [-0.05, 0) is 46.2 Å². The van der Waals surface area contributed by atoms with Gasteiger partial charge in [0.15, 0.2) is 0 Å². The van der Waals surface area contributed by atoms with E-state index in [-0.39, 0.29) is 17.5 Å². The molecule has 1 saturated heterocycles. The predicted molar refractivity (Wildman–Crippen MR) is 56.0 cm³/mol. The van der Waals surface area contributed by atoms with Gasteiger partial charge in [0.05, 0.1) is 5.92 Å². The first-order valence-electron chi connectivity index (χ1n) is 5.34. The van der Waals surface area contributed by atoms with Crippen LogP contribution >= 0.6 is 0 Å². The molecular formula is C11H21NO2. The summed E-state index contributed by atoms with van der Waals surface area (Å²) >= 11 is 0. The van der Waals surface area contributed by atoms with Crippen LogP contribution in [-0.2, 0) is 9.53 Å². The van der Waals surface area contributed by atoms with Gasteiger partial charge in [0.2, 0.25) is 0 Å². The number of hydrogen-bond donors (Lipinski definition) is 1. The Balaban J connectivity index is 2.50. The van der Waals surface area contributed by atoms with Crippen LogP contribution in [0.5, 0.6) is 0 Å². The molecule has 0 aliphatic carbocycles. The van der Waals surface area contributed by atoms with Crippen LogP contribution in [0.25, 0.3) is 0 Å². The van der Waals surface area contributed by atoms with E-state index in [1.54, 1.807) is 0 Å². The van der Waals surface area contributed by atoms with E-state index in [0.29, 0.717) is 5.92 Å². The van der Waals surface area contributed by atoms with Crippen LogP contribution < -0.4 is 5.32 Å². The molecule has 82 valence electrons. The summed E-state index contributed by atoms with van der Waals surface area (Å²) in [6.45, 7) is 9.68. The van der Waals surface area contributed by atoms with Gasteiger partial charge in [0, 0.05) is 0 Å². The van der Waals surface area contributed by atoms with Crippen LogP contribution in [0.15, 0.2) is 0 Å². The van der Waals surface area contributed by atoms with Crippen LogP contribution in [0.2, 0.25) is 0 Å². The molecule has 1 heterocycles. The topological polar surface area (TPSA) is 38.3 Å². The van der Waals surface area contributed by atoms with Crippen LogP contribution in [0.1, 0.15) is 34.1 Å². The van der Waals surface area contributed by atoms with Gasteiger partial charge in [0.1, 0.15) is 5.60 Å². The minimum Gasteiger partial charge on any atom is -0.460 e. The lowest BCUT2D eigenvalue weighted by Gasteiger charge is -2.30. The molecule has 0 radical (unpaired) electrons. The molecule has 3 nitrogen and oxygen atoms in total. The van der Waals surface area contributed by atoms with E-state index in [1.807, 2.05) is 20.8 Å². The Hall–Kier alpha value is -0.570. The summed E-state index contributed by atoms with van der Waals surface area (Å²) in [4.78, 5) is 11.8. The molecule has 1 N–H and O–H groups in total. The fourth-order valence-electron chi connectivity index (χ4n) is 1.74. The number of esters is 1. The molecule has 0 aromatic carbocycles. The number of ether oxygens (including phenoxy) is 1. The van der Waals surface area contributed by atoms with Gasteiger partial charge in [-0.1, -0.05) is 6.92 Å². The lowest BCUT2D eigenvalue weighted by Crippen LogP contribution is -2.41. The monoisotopic (exact) mass is 199 g/mol. The van der Waals surface area contributed by atoms with Gasteiger partial charge in [-0.3, -0.25) is 4.79 Å². The molecule has 2 atom stereocenters. The molecule has 1 aliphatic heterocycles. The largest absolute Gasteiger partial charge is 0.460 e. The average Bonchev–Trinajstić information content (AvgIpc) is 2.01. The highest BCUT2D eigenvalue weighted by molar-refractivity contribution is 5.73. The molecule has 0 amide bonds. The Kier molecular flexibility index (Phi) is 3.53. The summed E-state index contributed by atoms with van der Waals surface area (Å²) in [7, 11) is 0. The summed E-state index contributed by atoms with van der Waals surface area (Å²) in [6.07, 6.45) is 0.899. The fraction of sp³-hybridized carbons (Fsp3) is 0.909. The molecule has 0 aromatic heterocycles. The van der Waals surface area contributed by atoms with Gasteiger partial charge in [0.25, 0.3) is 0 Å². The molecule has 0 bridgehead atoms. The van der Waals surface area contributed by atoms with Gasteiger partial charge < -0.3 is 10.1 Å². The highest BCUT2D eigenvalue weighted by Crippen LogP contribution is 2.22. The lowest BCUT2D eigenvalue weighted by atomic mass is 9.88. The van der Waals surface area contributed by atoms with Crippen LogP contribution in [0.4, 0.5) is 0 Å². The standard InChI is InChI=1S/C11H21NO2/c1-8-7-12-6-5-9(8)10(13)14-11(2,3)4/h8-9,12H,5-7H2,1-4H3/t8-,9+/m1/s1. The number of nitrogens with one attached hydrogen (secondary N) is 1.